The largest absolute Gasteiger partial charge is 0.497 e. The van der Waals surface area contributed by atoms with Gasteiger partial charge in [0, 0.05) is 24.2 Å². The van der Waals surface area contributed by atoms with Crippen LogP contribution >= 0.6 is 0 Å². The lowest BCUT2D eigenvalue weighted by molar-refractivity contribution is -0.132. The molecule has 4 aromatic rings. The number of piperidine rings is 1. The molecule has 1 N–H and O–H groups in total. The monoisotopic (exact) mass is 464 g/mol. The summed E-state index contributed by atoms with van der Waals surface area (Å²) in [6.45, 7) is 1.30. The second-order valence-corrected chi connectivity index (χ2v) is 8.29. The van der Waals surface area contributed by atoms with E-state index in [1.807, 2.05) is 0 Å². The second kappa shape index (κ2) is 9.05. The number of carbonyl (C=O) groups excluding carboxylic acids is 2. The van der Waals surface area contributed by atoms with Gasteiger partial charge in [0.25, 0.3) is 0 Å². The summed E-state index contributed by atoms with van der Waals surface area (Å²) in [5.74, 6) is -0.391. The number of aromatic nitrogens is 2. The van der Waals surface area contributed by atoms with E-state index >= 15 is 0 Å². The number of rotatable bonds is 6. The predicted octanol–water partition coefficient (Wildman–Crippen LogP) is 2.94. The molecule has 1 aliphatic rings. The van der Waals surface area contributed by atoms with E-state index in [9.17, 15) is 14.4 Å². The van der Waals surface area contributed by atoms with Crippen molar-refractivity contribution in [1.29, 1.82) is 0 Å². The van der Waals surface area contributed by atoms with Gasteiger partial charge in [0.1, 0.15) is 18.0 Å². The van der Waals surface area contributed by atoms with Gasteiger partial charge >= 0.3 is 5.76 Å². The molecule has 34 heavy (non-hydrogen) atoms. The molecule has 0 spiro atoms. The molecule has 176 valence electrons. The highest BCUT2D eigenvalue weighted by Gasteiger charge is 2.20. The zero-order chi connectivity index (χ0) is 23.7. The average Bonchev–Trinajstić information content (AvgIpc) is 3.39. The molecule has 3 heterocycles. The Balaban J connectivity index is 1.34. The van der Waals surface area contributed by atoms with Crippen LogP contribution in [0.25, 0.3) is 22.1 Å². The number of hydrogen-bond acceptors (Lipinski definition) is 7. The summed E-state index contributed by atoms with van der Waals surface area (Å²) in [6, 6.07) is 10.1. The molecule has 1 aliphatic heterocycles. The highest BCUT2D eigenvalue weighted by atomic mass is 16.5. The predicted molar refractivity (Wildman–Crippen MR) is 124 cm³/mol. The van der Waals surface area contributed by atoms with E-state index in [2.05, 4.69) is 10.5 Å². The van der Waals surface area contributed by atoms with Gasteiger partial charge in [-0.3, -0.25) is 14.2 Å². The van der Waals surface area contributed by atoms with Crippen LogP contribution in [-0.2, 0) is 22.6 Å². The van der Waals surface area contributed by atoms with E-state index < -0.39 is 5.76 Å². The Kier molecular flexibility index (Phi) is 5.79. The third-order valence-electron chi connectivity index (χ3n) is 6.03. The van der Waals surface area contributed by atoms with Gasteiger partial charge in [-0.05, 0) is 55.7 Å². The number of ether oxygens (including phenoxy) is 1. The maximum Gasteiger partial charge on any atom is 0.420 e. The van der Waals surface area contributed by atoms with Crippen LogP contribution in [0.15, 0.2) is 50.1 Å². The molecular formula is C24H24N4O6. The van der Waals surface area contributed by atoms with Crippen LogP contribution in [0.5, 0.6) is 5.75 Å². The minimum Gasteiger partial charge on any atom is -0.497 e. The van der Waals surface area contributed by atoms with Crippen molar-refractivity contribution in [3.8, 4) is 5.75 Å². The lowest BCUT2D eigenvalue weighted by Gasteiger charge is -2.26. The van der Waals surface area contributed by atoms with Crippen LogP contribution < -0.4 is 15.8 Å². The molecule has 0 bridgehead atoms. The Morgan fingerprint density at radius 3 is 2.68 bits per heavy atom. The molecule has 1 saturated heterocycles. The molecule has 2 aromatic carbocycles. The van der Waals surface area contributed by atoms with Gasteiger partial charge in [-0.2, -0.15) is 0 Å². The third kappa shape index (κ3) is 4.26. The lowest BCUT2D eigenvalue weighted by atomic mass is 10.1. The van der Waals surface area contributed by atoms with E-state index in [1.165, 1.54) is 4.57 Å². The van der Waals surface area contributed by atoms with E-state index in [0.29, 0.717) is 52.3 Å². The Morgan fingerprint density at radius 1 is 1.09 bits per heavy atom. The van der Waals surface area contributed by atoms with Crippen molar-refractivity contribution in [3.05, 3.63) is 52.6 Å². The van der Waals surface area contributed by atoms with Gasteiger partial charge < -0.3 is 23.9 Å². The molecule has 0 radical (unpaired) electrons. The minimum absolute atomic E-state index is 0.0101. The molecule has 5 rings (SSSR count). The number of hydrogen-bond donors (Lipinski definition) is 1. The Labute approximate surface area is 194 Å². The van der Waals surface area contributed by atoms with Crippen LogP contribution in [0.2, 0.25) is 0 Å². The van der Waals surface area contributed by atoms with E-state index in [0.717, 1.165) is 19.3 Å². The number of oxazole rings is 1. The minimum atomic E-state index is -0.605. The number of nitrogens with one attached hydrogen (secondary N) is 1. The number of nitrogens with zero attached hydrogens (tertiary/aromatic N) is 3. The van der Waals surface area contributed by atoms with Crippen LogP contribution in [0.4, 0.5) is 5.69 Å². The van der Waals surface area contributed by atoms with Crippen LogP contribution in [0.3, 0.4) is 0 Å². The molecule has 0 saturated carbocycles. The average molecular weight is 464 g/mol. The van der Waals surface area contributed by atoms with Crippen LogP contribution in [0.1, 0.15) is 25.0 Å². The van der Waals surface area contributed by atoms with Crippen molar-refractivity contribution in [2.45, 2.75) is 32.2 Å². The van der Waals surface area contributed by atoms with Gasteiger partial charge in [-0.1, -0.05) is 5.16 Å². The molecular weight excluding hydrogens is 440 g/mol. The van der Waals surface area contributed by atoms with Gasteiger partial charge in [0.05, 0.1) is 19.0 Å². The molecule has 10 heteroatoms. The normalized spacial score (nSPS) is 14.0. The molecule has 1 fully saturated rings. The van der Waals surface area contributed by atoms with Crippen molar-refractivity contribution < 1.29 is 23.3 Å². The van der Waals surface area contributed by atoms with E-state index in [1.54, 1.807) is 48.4 Å². The van der Waals surface area contributed by atoms with Crippen molar-refractivity contribution in [3.63, 3.8) is 0 Å². The number of carbonyl (C=O) groups is 2. The van der Waals surface area contributed by atoms with E-state index in [-0.39, 0.29) is 24.8 Å². The topological polar surface area (TPSA) is 120 Å². The van der Waals surface area contributed by atoms with Gasteiger partial charge in [0.2, 0.25) is 11.8 Å². The number of fused-ring (bicyclic) bond motifs is 2. The summed E-state index contributed by atoms with van der Waals surface area (Å²) in [6.07, 6.45) is 3.04. The SMILES string of the molecule is COc1ccc2onc(CC(=O)Nc3ccc4oc(=O)n(CC(=O)N5CCCCC5)c4c3)c2c1. The second-order valence-electron chi connectivity index (χ2n) is 8.29. The highest BCUT2D eigenvalue weighted by molar-refractivity contribution is 5.96. The van der Waals surface area contributed by atoms with Crippen molar-refractivity contribution in [2.24, 2.45) is 0 Å². The number of anilines is 1. The first-order chi connectivity index (χ1) is 16.5. The molecule has 2 aromatic heterocycles. The van der Waals surface area contributed by atoms with Crippen molar-refractivity contribution in [2.75, 3.05) is 25.5 Å². The standard InChI is InChI=1S/C24H24N4O6/c1-32-16-6-8-20-17(12-16)18(26-34-20)13-22(29)25-15-5-7-21-19(11-15)28(24(31)33-21)14-23(30)27-9-3-2-4-10-27/h5-8,11-12H,2-4,9-10,13-14H2,1H3,(H,25,29). The molecule has 0 aliphatic carbocycles. The fourth-order valence-corrected chi connectivity index (χ4v) is 4.25. The number of benzene rings is 2. The summed E-state index contributed by atoms with van der Waals surface area (Å²) < 4.78 is 17.1. The molecule has 10 nitrogen and oxygen atoms in total. The number of amides is 2. The van der Waals surface area contributed by atoms with Gasteiger partial charge in [-0.25, -0.2) is 4.79 Å². The summed E-state index contributed by atoms with van der Waals surface area (Å²) in [4.78, 5) is 39.6. The third-order valence-corrected chi connectivity index (χ3v) is 6.03. The van der Waals surface area contributed by atoms with Crippen LogP contribution in [0, 0.1) is 0 Å². The lowest BCUT2D eigenvalue weighted by Crippen LogP contribution is -2.39. The van der Waals surface area contributed by atoms with Gasteiger partial charge in [0.15, 0.2) is 11.2 Å². The summed E-state index contributed by atoms with van der Waals surface area (Å²) in [5, 5.41) is 7.52. The fourth-order valence-electron chi connectivity index (χ4n) is 4.25. The Morgan fingerprint density at radius 2 is 1.88 bits per heavy atom. The number of likely N-dealkylation sites (tertiary alicyclic amines) is 1. The number of methoxy groups -OCH3 is 1. The first kappa shape index (κ1) is 21.7. The zero-order valence-corrected chi connectivity index (χ0v) is 18.7. The van der Waals surface area contributed by atoms with Crippen LogP contribution in [-0.4, -0.2) is 46.6 Å². The smallest absolute Gasteiger partial charge is 0.420 e. The summed E-state index contributed by atoms with van der Waals surface area (Å²) in [5.41, 5.74) is 2.32. The maximum absolute atomic E-state index is 12.7. The maximum atomic E-state index is 12.7. The Bertz CT molecular complexity index is 1430. The molecule has 0 unspecified atom stereocenters. The fraction of sp³-hybridized carbons (Fsp3) is 0.333. The first-order valence-corrected chi connectivity index (χ1v) is 11.1. The summed E-state index contributed by atoms with van der Waals surface area (Å²) in [7, 11) is 1.56. The quantitative estimate of drug-likeness (QED) is 0.466. The van der Waals surface area contributed by atoms with Gasteiger partial charge in [-0.15, -0.1) is 0 Å². The zero-order valence-electron chi connectivity index (χ0n) is 18.7. The Hall–Kier alpha value is -4.08. The van der Waals surface area contributed by atoms with E-state index in [4.69, 9.17) is 13.7 Å². The van der Waals surface area contributed by atoms with Crippen molar-refractivity contribution >= 4 is 39.6 Å². The summed E-state index contributed by atoms with van der Waals surface area (Å²) >= 11 is 0. The first-order valence-electron chi connectivity index (χ1n) is 11.1. The van der Waals surface area contributed by atoms with Crippen molar-refractivity contribution in [1.82, 2.24) is 14.6 Å². The molecule has 0 atom stereocenters. The highest BCUT2D eigenvalue weighted by Crippen LogP contribution is 2.25. The molecule has 2 amide bonds.